The predicted molar refractivity (Wildman–Crippen MR) is 109 cm³/mol. The first kappa shape index (κ1) is 18.2. The minimum Gasteiger partial charge on any atom is -0.496 e. The number of nitrogens with zero attached hydrogens (tertiary/aromatic N) is 1. The Bertz CT molecular complexity index is 933. The number of benzene rings is 3. The van der Waals surface area contributed by atoms with Gasteiger partial charge in [0.2, 0.25) is 0 Å². The first-order chi connectivity index (χ1) is 12.5. The molecular formula is C22H23NO2S. The summed E-state index contributed by atoms with van der Waals surface area (Å²) in [6.45, 7) is 2.02. The molecule has 0 fully saturated rings. The maximum Gasteiger partial charge on any atom is 0.127 e. The average Bonchev–Trinajstić information content (AvgIpc) is 2.67. The summed E-state index contributed by atoms with van der Waals surface area (Å²) in [5.41, 5.74) is 4.08. The van der Waals surface area contributed by atoms with Gasteiger partial charge in [0.05, 0.1) is 22.8 Å². The molecule has 0 aliphatic heterocycles. The molecule has 3 nitrogen and oxygen atoms in total. The van der Waals surface area contributed by atoms with Crippen LogP contribution in [0.5, 0.6) is 5.75 Å². The number of aryl methyl sites for hydroxylation is 1. The van der Waals surface area contributed by atoms with Crippen LogP contribution in [0, 0.1) is 6.92 Å². The van der Waals surface area contributed by atoms with E-state index < -0.39 is 10.8 Å². The van der Waals surface area contributed by atoms with E-state index in [4.69, 9.17) is 4.74 Å². The van der Waals surface area contributed by atoms with E-state index in [1.54, 1.807) is 7.11 Å². The molecule has 1 unspecified atom stereocenters. The zero-order valence-corrected chi connectivity index (χ0v) is 16.3. The standard InChI is InChI=1S/C22H23NO2S/c1-16-12-14-17(15-13-16)26(24)21-11-7-10-20(25-4)22(21)18-8-5-6-9-19(18)23(2)3/h5-15H,1-4H3. The molecule has 0 amide bonds. The van der Waals surface area contributed by atoms with Crippen LogP contribution in [0.2, 0.25) is 0 Å². The van der Waals surface area contributed by atoms with Crippen molar-refractivity contribution in [3.63, 3.8) is 0 Å². The fourth-order valence-corrected chi connectivity index (χ4v) is 4.20. The van der Waals surface area contributed by atoms with Crippen molar-refractivity contribution in [3.05, 3.63) is 72.3 Å². The summed E-state index contributed by atoms with van der Waals surface area (Å²) in [6.07, 6.45) is 0. The lowest BCUT2D eigenvalue weighted by Crippen LogP contribution is -2.10. The van der Waals surface area contributed by atoms with E-state index >= 15 is 0 Å². The highest BCUT2D eigenvalue weighted by atomic mass is 32.2. The summed E-state index contributed by atoms with van der Waals surface area (Å²) in [5, 5.41) is 0. The van der Waals surface area contributed by atoms with Crippen LogP contribution in [0.3, 0.4) is 0 Å². The molecule has 0 heterocycles. The first-order valence-electron chi connectivity index (χ1n) is 8.45. The molecule has 26 heavy (non-hydrogen) atoms. The Hall–Kier alpha value is -2.59. The average molecular weight is 365 g/mol. The van der Waals surface area contributed by atoms with Gasteiger partial charge in [-0.3, -0.25) is 0 Å². The quantitative estimate of drug-likeness (QED) is 0.644. The van der Waals surface area contributed by atoms with Gasteiger partial charge < -0.3 is 9.64 Å². The molecule has 0 radical (unpaired) electrons. The minimum absolute atomic E-state index is 0.720. The lowest BCUT2D eigenvalue weighted by atomic mass is 10.0. The van der Waals surface area contributed by atoms with Gasteiger partial charge in [-0.15, -0.1) is 0 Å². The third kappa shape index (κ3) is 3.51. The van der Waals surface area contributed by atoms with E-state index in [9.17, 15) is 4.21 Å². The number of ether oxygens (including phenoxy) is 1. The van der Waals surface area contributed by atoms with Crippen molar-refractivity contribution in [2.45, 2.75) is 16.7 Å². The molecule has 3 rings (SSSR count). The van der Waals surface area contributed by atoms with Crippen molar-refractivity contribution >= 4 is 16.5 Å². The molecule has 0 aliphatic carbocycles. The third-order valence-electron chi connectivity index (χ3n) is 4.30. The van der Waals surface area contributed by atoms with E-state index in [1.807, 2.05) is 81.7 Å². The molecule has 0 bridgehead atoms. The van der Waals surface area contributed by atoms with Gasteiger partial charge in [-0.25, -0.2) is 4.21 Å². The molecule has 3 aromatic rings. The monoisotopic (exact) mass is 365 g/mol. The largest absolute Gasteiger partial charge is 0.496 e. The summed E-state index contributed by atoms with van der Waals surface area (Å²) in [5.74, 6) is 0.720. The van der Waals surface area contributed by atoms with E-state index in [2.05, 4.69) is 11.0 Å². The van der Waals surface area contributed by atoms with Gasteiger partial charge in [0, 0.05) is 35.8 Å². The van der Waals surface area contributed by atoms with Crippen LogP contribution in [0.25, 0.3) is 11.1 Å². The highest BCUT2D eigenvalue weighted by Crippen LogP contribution is 2.41. The fraction of sp³-hybridized carbons (Fsp3) is 0.182. The Morgan fingerprint density at radius 2 is 1.58 bits per heavy atom. The molecule has 1 atom stereocenters. The summed E-state index contributed by atoms with van der Waals surface area (Å²) < 4.78 is 19.0. The van der Waals surface area contributed by atoms with Crippen molar-refractivity contribution in [2.24, 2.45) is 0 Å². The molecule has 0 N–H and O–H groups in total. The van der Waals surface area contributed by atoms with Crippen LogP contribution in [0.1, 0.15) is 5.56 Å². The van der Waals surface area contributed by atoms with Gasteiger partial charge in [0.1, 0.15) is 5.75 Å². The second-order valence-electron chi connectivity index (χ2n) is 6.33. The normalized spacial score (nSPS) is 11.8. The van der Waals surface area contributed by atoms with Crippen LogP contribution < -0.4 is 9.64 Å². The van der Waals surface area contributed by atoms with Gasteiger partial charge in [-0.05, 0) is 37.3 Å². The van der Waals surface area contributed by atoms with Crippen LogP contribution in [-0.2, 0) is 10.8 Å². The van der Waals surface area contributed by atoms with Gasteiger partial charge in [-0.1, -0.05) is 42.0 Å². The molecule has 0 aliphatic rings. The Morgan fingerprint density at radius 1 is 0.885 bits per heavy atom. The Morgan fingerprint density at radius 3 is 2.23 bits per heavy atom. The first-order valence-corrected chi connectivity index (χ1v) is 9.60. The fourth-order valence-electron chi connectivity index (χ4n) is 2.96. The number of para-hydroxylation sites is 1. The third-order valence-corrected chi connectivity index (χ3v) is 5.74. The van der Waals surface area contributed by atoms with Crippen LogP contribution >= 0.6 is 0 Å². The van der Waals surface area contributed by atoms with Gasteiger partial charge in [-0.2, -0.15) is 0 Å². The van der Waals surface area contributed by atoms with Crippen molar-refractivity contribution in [2.75, 3.05) is 26.1 Å². The topological polar surface area (TPSA) is 29.5 Å². The zero-order valence-electron chi connectivity index (χ0n) is 15.5. The summed E-state index contributed by atoms with van der Waals surface area (Å²) in [4.78, 5) is 3.59. The SMILES string of the molecule is COc1cccc(S(=O)c2ccc(C)cc2)c1-c1ccccc1N(C)C. The molecule has 134 valence electrons. The molecule has 0 aromatic heterocycles. The Kier molecular flexibility index (Phi) is 5.43. The lowest BCUT2D eigenvalue weighted by molar-refractivity contribution is 0.415. The van der Waals surface area contributed by atoms with E-state index in [1.165, 1.54) is 0 Å². The van der Waals surface area contributed by atoms with Crippen molar-refractivity contribution < 1.29 is 8.95 Å². The lowest BCUT2D eigenvalue weighted by Gasteiger charge is -2.21. The molecule has 0 saturated carbocycles. The highest BCUT2D eigenvalue weighted by Gasteiger charge is 2.20. The van der Waals surface area contributed by atoms with E-state index in [-0.39, 0.29) is 0 Å². The Balaban J connectivity index is 2.23. The predicted octanol–water partition coefficient (Wildman–Crippen LogP) is 4.90. The maximum absolute atomic E-state index is 13.3. The van der Waals surface area contributed by atoms with Gasteiger partial charge in [0.15, 0.2) is 0 Å². The van der Waals surface area contributed by atoms with Crippen molar-refractivity contribution in [3.8, 4) is 16.9 Å². The van der Waals surface area contributed by atoms with Gasteiger partial charge in [0.25, 0.3) is 0 Å². The molecule has 0 saturated heterocycles. The van der Waals surface area contributed by atoms with Crippen molar-refractivity contribution in [1.82, 2.24) is 0 Å². The zero-order chi connectivity index (χ0) is 18.7. The number of methoxy groups -OCH3 is 1. The van der Waals surface area contributed by atoms with Crippen LogP contribution in [0.4, 0.5) is 5.69 Å². The number of anilines is 1. The molecule has 0 spiro atoms. The van der Waals surface area contributed by atoms with Crippen LogP contribution in [0.15, 0.2) is 76.5 Å². The smallest absolute Gasteiger partial charge is 0.127 e. The second-order valence-corrected chi connectivity index (χ2v) is 7.78. The number of hydrogen-bond donors (Lipinski definition) is 0. The van der Waals surface area contributed by atoms with E-state index in [0.29, 0.717) is 0 Å². The second kappa shape index (κ2) is 7.75. The van der Waals surface area contributed by atoms with Crippen LogP contribution in [-0.4, -0.2) is 25.4 Å². The summed E-state index contributed by atoms with van der Waals surface area (Å²) in [6, 6.07) is 21.6. The van der Waals surface area contributed by atoms with Crippen molar-refractivity contribution in [1.29, 1.82) is 0 Å². The maximum atomic E-state index is 13.3. The summed E-state index contributed by atoms with van der Waals surface area (Å²) >= 11 is 0. The number of hydrogen-bond acceptors (Lipinski definition) is 3. The van der Waals surface area contributed by atoms with Gasteiger partial charge >= 0.3 is 0 Å². The highest BCUT2D eigenvalue weighted by molar-refractivity contribution is 7.85. The molecule has 4 heteroatoms. The molecular weight excluding hydrogens is 342 g/mol. The number of rotatable bonds is 5. The summed E-state index contributed by atoms with van der Waals surface area (Å²) in [7, 11) is 4.36. The Labute approximate surface area is 157 Å². The van der Waals surface area contributed by atoms with E-state index in [0.717, 1.165) is 37.9 Å². The molecule has 3 aromatic carbocycles. The minimum atomic E-state index is -1.30.